The molecule has 0 saturated carbocycles. The van der Waals surface area contributed by atoms with Crippen molar-refractivity contribution in [3.8, 4) is 0 Å². The van der Waals surface area contributed by atoms with Gasteiger partial charge in [-0.1, -0.05) is 12.1 Å². The van der Waals surface area contributed by atoms with Gasteiger partial charge in [0.2, 0.25) is 0 Å². The summed E-state index contributed by atoms with van der Waals surface area (Å²) < 4.78 is 42.9. The minimum absolute atomic E-state index is 0.401. The Hall–Kier alpha value is -1.07. The Morgan fingerprint density at radius 1 is 1.28 bits per heavy atom. The maximum Gasteiger partial charge on any atom is 0.416 e. The number of nitrogens with two attached hydrogens (primary N) is 1. The van der Waals surface area contributed by atoms with E-state index in [0.29, 0.717) is 12.2 Å². The fourth-order valence-electron chi connectivity index (χ4n) is 2.28. The average Bonchev–Trinajstić information content (AvgIpc) is 2.75. The van der Waals surface area contributed by atoms with Crippen molar-refractivity contribution in [2.24, 2.45) is 5.73 Å². The van der Waals surface area contributed by atoms with Gasteiger partial charge in [0, 0.05) is 6.61 Å². The maximum atomic E-state index is 12.4. The fourth-order valence-corrected chi connectivity index (χ4v) is 2.28. The molecule has 1 heterocycles. The largest absolute Gasteiger partial charge is 0.416 e. The molecule has 0 aromatic heterocycles. The lowest BCUT2D eigenvalue weighted by Gasteiger charge is -2.30. The van der Waals surface area contributed by atoms with Gasteiger partial charge in [-0.05, 0) is 37.5 Å². The minimum Gasteiger partial charge on any atom is -0.373 e. The third-order valence-electron chi connectivity index (χ3n) is 3.50. The van der Waals surface area contributed by atoms with Crippen molar-refractivity contribution in [2.75, 3.05) is 6.61 Å². The van der Waals surface area contributed by atoms with Gasteiger partial charge < -0.3 is 10.5 Å². The van der Waals surface area contributed by atoms with Crippen molar-refractivity contribution in [1.29, 1.82) is 0 Å². The third kappa shape index (κ3) is 2.52. The first-order valence-corrected chi connectivity index (χ1v) is 5.90. The molecule has 0 radical (unpaired) electrons. The predicted octanol–water partition coefficient (Wildman–Crippen LogP) is 3.27. The van der Waals surface area contributed by atoms with E-state index in [9.17, 15) is 13.2 Å². The van der Waals surface area contributed by atoms with Crippen molar-refractivity contribution < 1.29 is 17.9 Å². The van der Waals surface area contributed by atoms with Crippen LogP contribution >= 0.6 is 0 Å². The van der Waals surface area contributed by atoms with Gasteiger partial charge in [-0.3, -0.25) is 0 Å². The van der Waals surface area contributed by atoms with E-state index in [4.69, 9.17) is 10.5 Å². The summed E-state index contributed by atoms with van der Waals surface area (Å²) in [5.41, 5.74) is 5.63. The van der Waals surface area contributed by atoms with Crippen LogP contribution in [0.2, 0.25) is 0 Å². The van der Waals surface area contributed by atoms with Crippen LogP contribution in [-0.4, -0.2) is 12.2 Å². The van der Waals surface area contributed by atoms with Gasteiger partial charge in [0.05, 0.1) is 17.2 Å². The zero-order valence-electron chi connectivity index (χ0n) is 10.1. The highest BCUT2D eigenvalue weighted by atomic mass is 19.4. The summed E-state index contributed by atoms with van der Waals surface area (Å²) in [7, 11) is 0. The summed E-state index contributed by atoms with van der Waals surface area (Å²) in [5, 5.41) is 0. The lowest BCUT2D eigenvalue weighted by molar-refractivity contribution is -0.137. The van der Waals surface area contributed by atoms with E-state index in [2.05, 4.69) is 0 Å². The van der Waals surface area contributed by atoms with Crippen LogP contribution in [0.5, 0.6) is 0 Å². The highest BCUT2D eigenvalue weighted by molar-refractivity contribution is 5.28. The number of ether oxygens (including phenoxy) is 1. The van der Waals surface area contributed by atoms with Crippen LogP contribution in [0.4, 0.5) is 13.2 Å². The third-order valence-corrected chi connectivity index (χ3v) is 3.50. The molecule has 1 aromatic carbocycles. The van der Waals surface area contributed by atoms with Crippen molar-refractivity contribution in [3.63, 3.8) is 0 Å². The second-order valence-electron chi connectivity index (χ2n) is 4.86. The molecule has 1 aliphatic heterocycles. The second-order valence-corrected chi connectivity index (χ2v) is 4.86. The van der Waals surface area contributed by atoms with Gasteiger partial charge in [0.15, 0.2) is 0 Å². The van der Waals surface area contributed by atoms with Gasteiger partial charge in [-0.25, -0.2) is 0 Å². The summed E-state index contributed by atoms with van der Waals surface area (Å²) in [6.07, 6.45) is -2.55. The number of halogens is 3. The fraction of sp³-hybridized carbons (Fsp3) is 0.538. The number of rotatable bonds is 2. The van der Waals surface area contributed by atoms with Gasteiger partial charge in [0.1, 0.15) is 0 Å². The molecule has 0 spiro atoms. The molecule has 0 amide bonds. The summed E-state index contributed by atoms with van der Waals surface area (Å²) >= 11 is 0. The van der Waals surface area contributed by atoms with Gasteiger partial charge in [-0.15, -0.1) is 0 Å². The van der Waals surface area contributed by atoms with Crippen LogP contribution in [0, 0.1) is 0 Å². The Kier molecular flexibility index (Phi) is 3.38. The molecule has 100 valence electrons. The van der Waals surface area contributed by atoms with Crippen LogP contribution in [-0.2, 0) is 10.9 Å². The lowest BCUT2D eigenvalue weighted by atomic mass is 9.88. The summed E-state index contributed by atoms with van der Waals surface area (Å²) in [6.45, 7) is 2.56. The zero-order valence-corrected chi connectivity index (χ0v) is 10.1. The smallest absolute Gasteiger partial charge is 0.373 e. The van der Waals surface area contributed by atoms with E-state index in [-0.39, 0.29) is 0 Å². The van der Waals surface area contributed by atoms with E-state index in [0.717, 1.165) is 25.0 Å². The second kappa shape index (κ2) is 4.55. The van der Waals surface area contributed by atoms with Crippen LogP contribution in [0.25, 0.3) is 0 Å². The molecule has 2 nitrogen and oxygen atoms in total. The Labute approximate surface area is 104 Å². The maximum absolute atomic E-state index is 12.4. The number of benzene rings is 1. The molecule has 5 heteroatoms. The Morgan fingerprint density at radius 2 is 1.89 bits per heavy atom. The first-order valence-electron chi connectivity index (χ1n) is 5.90. The summed E-state index contributed by atoms with van der Waals surface area (Å²) in [6, 6.07) is 4.59. The molecule has 0 bridgehead atoms. The van der Waals surface area contributed by atoms with Crippen molar-refractivity contribution in [1.82, 2.24) is 0 Å². The molecule has 2 rings (SSSR count). The summed E-state index contributed by atoms with van der Waals surface area (Å²) in [5.74, 6) is 0. The van der Waals surface area contributed by atoms with Crippen LogP contribution in [0.1, 0.15) is 36.9 Å². The molecule has 1 aromatic rings. The van der Waals surface area contributed by atoms with E-state index >= 15 is 0 Å². The molecule has 1 aliphatic rings. The number of alkyl halides is 3. The standard InChI is InChI=1S/C13H16F3NO/c1-12(7-2-8-18-12)11(17)9-3-5-10(6-4-9)13(14,15)16/h3-6,11H,2,7-8,17H2,1H3. The Bertz CT molecular complexity index is 407. The van der Waals surface area contributed by atoms with E-state index in [1.807, 2.05) is 6.92 Å². The average molecular weight is 259 g/mol. The first-order chi connectivity index (χ1) is 8.33. The van der Waals surface area contributed by atoms with Crippen LogP contribution in [0.15, 0.2) is 24.3 Å². The quantitative estimate of drug-likeness (QED) is 0.884. The number of hydrogen-bond donors (Lipinski definition) is 1. The topological polar surface area (TPSA) is 35.2 Å². The number of hydrogen-bond acceptors (Lipinski definition) is 2. The SMILES string of the molecule is CC1(C(N)c2ccc(C(F)(F)F)cc2)CCCO1. The highest BCUT2D eigenvalue weighted by Gasteiger charge is 2.37. The van der Waals surface area contributed by atoms with E-state index in [1.165, 1.54) is 12.1 Å². The molecule has 2 unspecified atom stereocenters. The first kappa shape index (κ1) is 13.4. The minimum atomic E-state index is -4.31. The molecular formula is C13H16F3NO. The molecule has 1 fully saturated rings. The van der Waals surface area contributed by atoms with Crippen molar-refractivity contribution in [2.45, 2.75) is 37.6 Å². The summed E-state index contributed by atoms with van der Waals surface area (Å²) in [4.78, 5) is 0. The predicted molar refractivity (Wildman–Crippen MR) is 62.0 cm³/mol. The molecule has 2 atom stereocenters. The van der Waals surface area contributed by atoms with Crippen molar-refractivity contribution >= 4 is 0 Å². The lowest BCUT2D eigenvalue weighted by Crippen LogP contribution is -2.37. The van der Waals surface area contributed by atoms with Gasteiger partial charge in [-0.2, -0.15) is 13.2 Å². The van der Waals surface area contributed by atoms with Crippen molar-refractivity contribution in [3.05, 3.63) is 35.4 Å². The van der Waals surface area contributed by atoms with Crippen LogP contribution < -0.4 is 5.73 Å². The molecule has 2 N–H and O–H groups in total. The van der Waals surface area contributed by atoms with Crippen LogP contribution in [0.3, 0.4) is 0 Å². The highest BCUT2D eigenvalue weighted by Crippen LogP contribution is 2.37. The van der Waals surface area contributed by atoms with E-state index < -0.39 is 23.4 Å². The molecule has 18 heavy (non-hydrogen) atoms. The monoisotopic (exact) mass is 259 g/mol. The Balaban J connectivity index is 2.19. The molecule has 1 saturated heterocycles. The van der Waals surface area contributed by atoms with Gasteiger partial charge >= 0.3 is 6.18 Å². The van der Waals surface area contributed by atoms with Gasteiger partial charge in [0.25, 0.3) is 0 Å². The normalized spacial score (nSPS) is 26.3. The van der Waals surface area contributed by atoms with E-state index in [1.54, 1.807) is 0 Å². The Morgan fingerprint density at radius 3 is 2.33 bits per heavy atom. The molecule has 0 aliphatic carbocycles. The molecular weight excluding hydrogens is 243 g/mol. The zero-order chi connectivity index (χ0) is 13.4.